The number of hydrogen-bond donors (Lipinski definition) is 1. The summed E-state index contributed by atoms with van der Waals surface area (Å²) in [5.41, 5.74) is 13.4. The van der Waals surface area contributed by atoms with E-state index in [4.69, 9.17) is 18.0 Å². The highest BCUT2D eigenvalue weighted by molar-refractivity contribution is 7.79. The highest BCUT2D eigenvalue weighted by Gasteiger charge is 2.10. The summed E-state index contributed by atoms with van der Waals surface area (Å²) < 4.78 is 2.33. The van der Waals surface area contributed by atoms with E-state index in [2.05, 4.69) is 61.0 Å². The summed E-state index contributed by atoms with van der Waals surface area (Å²) in [7, 11) is 0. The van der Waals surface area contributed by atoms with Gasteiger partial charge in [0.05, 0.1) is 0 Å². The quantitative estimate of drug-likeness (QED) is 0.715. The zero-order valence-corrected chi connectivity index (χ0v) is 14.5. The van der Waals surface area contributed by atoms with Crippen molar-refractivity contribution in [3.8, 4) is 0 Å². The maximum Gasteiger partial charge on any atom is 0.0486 e. The number of nitrogens with two attached hydrogens (primary N) is 1. The number of aromatic nitrogens is 1. The molecule has 23 heavy (non-hydrogen) atoms. The van der Waals surface area contributed by atoms with Crippen molar-refractivity contribution < 1.29 is 0 Å². The first-order valence-electron chi connectivity index (χ1n) is 7.95. The number of benzene rings is 2. The number of thiocarbonyl (C=S) groups is 1. The lowest BCUT2D eigenvalue weighted by Crippen LogP contribution is -2.03. The van der Waals surface area contributed by atoms with Crippen LogP contribution in [0.25, 0.3) is 10.9 Å². The van der Waals surface area contributed by atoms with E-state index in [1.165, 1.54) is 33.2 Å². The largest absolute Gasteiger partial charge is 0.343 e. The van der Waals surface area contributed by atoms with Crippen molar-refractivity contribution >= 4 is 28.5 Å². The topological polar surface area (TPSA) is 30.9 Å². The van der Waals surface area contributed by atoms with Gasteiger partial charge in [-0.1, -0.05) is 42.0 Å². The number of rotatable bonds is 5. The SMILES string of the molecule is Cc1ccc(C)c(Cn2cc(CCN)c3cc(C=S)ccc32)c1. The summed E-state index contributed by atoms with van der Waals surface area (Å²) in [6, 6.07) is 13.1. The molecule has 0 atom stereocenters. The molecule has 0 aliphatic heterocycles. The number of nitrogens with zero attached hydrogens (tertiary/aromatic N) is 1. The van der Waals surface area contributed by atoms with Crippen molar-refractivity contribution in [2.75, 3.05) is 6.54 Å². The van der Waals surface area contributed by atoms with Gasteiger partial charge < -0.3 is 10.3 Å². The van der Waals surface area contributed by atoms with Crippen LogP contribution in [0.1, 0.15) is 27.8 Å². The van der Waals surface area contributed by atoms with Crippen molar-refractivity contribution in [1.82, 2.24) is 4.57 Å². The Balaban J connectivity index is 2.10. The summed E-state index contributed by atoms with van der Waals surface area (Å²) in [4.78, 5) is 0. The predicted molar refractivity (Wildman–Crippen MR) is 102 cm³/mol. The normalized spacial score (nSPS) is 11.1. The molecule has 2 N–H and O–H groups in total. The standard InChI is InChI=1S/C20H22N2S/c1-14-3-4-15(2)18(9-14)12-22-11-17(7-8-21)19-10-16(13-23)5-6-20(19)22/h3-6,9-11,13H,7-8,12,21H2,1-2H3. The van der Waals surface area contributed by atoms with Gasteiger partial charge in [-0.15, -0.1) is 0 Å². The fraction of sp³-hybridized carbons (Fsp3) is 0.250. The molecule has 2 nitrogen and oxygen atoms in total. The molecule has 0 saturated carbocycles. The summed E-state index contributed by atoms with van der Waals surface area (Å²) in [6.45, 7) is 5.85. The van der Waals surface area contributed by atoms with Crippen LogP contribution in [0.2, 0.25) is 0 Å². The molecule has 0 saturated heterocycles. The Labute approximate surface area is 142 Å². The monoisotopic (exact) mass is 322 g/mol. The van der Waals surface area contributed by atoms with Crippen LogP contribution in [0, 0.1) is 13.8 Å². The van der Waals surface area contributed by atoms with Gasteiger partial charge in [-0.2, -0.15) is 0 Å². The molecule has 3 rings (SSSR count). The zero-order chi connectivity index (χ0) is 16.4. The molecule has 1 aromatic heterocycles. The predicted octanol–water partition coefficient (Wildman–Crippen LogP) is 4.16. The smallest absolute Gasteiger partial charge is 0.0486 e. The van der Waals surface area contributed by atoms with E-state index in [-0.39, 0.29) is 0 Å². The maximum atomic E-state index is 5.79. The average molecular weight is 322 g/mol. The molecule has 0 aliphatic rings. The molecule has 1 heterocycles. The Hall–Kier alpha value is -1.97. The first-order chi connectivity index (χ1) is 11.1. The zero-order valence-electron chi connectivity index (χ0n) is 13.7. The minimum Gasteiger partial charge on any atom is -0.343 e. The molecule has 3 heteroatoms. The van der Waals surface area contributed by atoms with Crippen LogP contribution in [0.4, 0.5) is 0 Å². The number of aryl methyl sites for hydroxylation is 2. The molecule has 0 aliphatic carbocycles. The Morgan fingerprint density at radius 1 is 1.09 bits per heavy atom. The Morgan fingerprint density at radius 3 is 2.65 bits per heavy atom. The molecule has 0 fully saturated rings. The van der Waals surface area contributed by atoms with E-state index < -0.39 is 0 Å². The van der Waals surface area contributed by atoms with Gasteiger partial charge >= 0.3 is 0 Å². The van der Waals surface area contributed by atoms with E-state index in [9.17, 15) is 0 Å². The minimum atomic E-state index is 0.657. The van der Waals surface area contributed by atoms with Gasteiger partial charge in [0.1, 0.15) is 0 Å². The lowest BCUT2D eigenvalue weighted by atomic mass is 10.1. The third-order valence-electron chi connectivity index (χ3n) is 4.38. The third kappa shape index (κ3) is 3.21. The summed E-state index contributed by atoms with van der Waals surface area (Å²) >= 11 is 5.08. The van der Waals surface area contributed by atoms with Gasteiger partial charge in [-0.05, 0) is 61.2 Å². The fourth-order valence-corrected chi connectivity index (χ4v) is 3.25. The molecule has 0 bridgehead atoms. The van der Waals surface area contributed by atoms with Crippen LogP contribution in [0.15, 0.2) is 42.6 Å². The summed E-state index contributed by atoms with van der Waals surface area (Å²) in [5.74, 6) is 0. The van der Waals surface area contributed by atoms with Gasteiger partial charge in [0.2, 0.25) is 0 Å². The Bertz CT molecular complexity index is 861. The Kier molecular flexibility index (Phi) is 4.60. The summed E-state index contributed by atoms with van der Waals surface area (Å²) in [6.07, 6.45) is 3.13. The second-order valence-electron chi connectivity index (χ2n) is 6.15. The van der Waals surface area contributed by atoms with Crippen LogP contribution in [-0.2, 0) is 13.0 Å². The van der Waals surface area contributed by atoms with Crippen molar-refractivity contribution in [3.05, 3.63) is 70.4 Å². The van der Waals surface area contributed by atoms with Crippen LogP contribution < -0.4 is 5.73 Å². The van der Waals surface area contributed by atoms with E-state index in [1.54, 1.807) is 5.37 Å². The molecular formula is C20H22N2S. The lowest BCUT2D eigenvalue weighted by molar-refractivity contribution is 0.820. The fourth-order valence-electron chi connectivity index (χ4n) is 3.10. The molecule has 3 aromatic rings. The van der Waals surface area contributed by atoms with Gasteiger partial charge in [-0.3, -0.25) is 0 Å². The molecule has 0 radical (unpaired) electrons. The Morgan fingerprint density at radius 2 is 1.91 bits per heavy atom. The van der Waals surface area contributed by atoms with Crippen molar-refractivity contribution in [2.24, 2.45) is 5.73 Å². The molecule has 2 aromatic carbocycles. The summed E-state index contributed by atoms with van der Waals surface area (Å²) in [5, 5.41) is 2.99. The van der Waals surface area contributed by atoms with Gasteiger partial charge in [0.15, 0.2) is 0 Å². The van der Waals surface area contributed by atoms with Crippen LogP contribution in [0.5, 0.6) is 0 Å². The number of fused-ring (bicyclic) bond motifs is 1. The molecule has 0 spiro atoms. The third-order valence-corrected chi connectivity index (χ3v) is 4.65. The molecule has 0 amide bonds. The highest BCUT2D eigenvalue weighted by atomic mass is 32.1. The first kappa shape index (κ1) is 15.9. The molecule has 118 valence electrons. The van der Waals surface area contributed by atoms with Crippen molar-refractivity contribution in [1.29, 1.82) is 0 Å². The highest BCUT2D eigenvalue weighted by Crippen LogP contribution is 2.25. The number of hydrogen-bond acceptors (Lipinski definition) is 2. The van der Waals surface area contributed by atoms with Crippen LogP contribution in [-0.4, -0.2) is 16.5 Å². The lowest BCUT2D eigenvalue weighted by Gasteiger charge is -2.10. The minimum absolute atomic E-state index is 0.657. The maximum absolute atomic E-state index is 5.79. The molecule has 0 unspecified atom stereocenters. The second kappa shape index (κ2) is 6.65. The van der Waals surface area contributed by atoms with E-state index in [0.717, 1.165) is 18.5 Å². The van der Waals surface area contributed by atoms with Crippen LogP contribution in [0.3, 0.4) is 0 Å². The van der Waals surface area contributed by atoms with Crippen molar-refractivity contribution in [2.45, 2.75) is 26.8 Å². The molecular weight excluding hydrogens is 300 g/mol. The van der Waals surface area contributed by atoms with Gasteiger partial charge in [0, 0.05) is 29.0 Å². The van der Waals surface area contributed by atoms with Crippen LogP contribution >= 0.6 is 12.2 Å². The average Bonchev–Trinajstić information content (AvgIpc) is 2.88. The van der Waals surface area contributed by atoms with Gasteiger partial charge in [0.25, 0.3) is 0 Å². The van der Waals surface area contributed by atoms with E-state index in [1.807, 2.05) is 0 Å². The van der Waals surface area contributed by atoms with E-state index >= 15 is 0 Å². The van der Waals surface area contributed by atoms with Gasteiger partial charge in [-0.25, -0.2) is 0 Å². The second-order valence-corrected chi connectivity index (χ2v) is 6.38. The van der Waals surface area contributed by atoms with E-state index in [0.29, 0.717) is 6.54 Å². The van der Waals surface area contributed by atoms with Crippen molar-refractivity contribution in [3.63, 3.8) is 0 Å². The first-order valence-corrected chi connectivity index (χ1v) is 8.42.